The number of nitrogens with zero attached hydrogens (tertiary/aromatic N) is 3. The first-order valence-electron chi connectivity index (χ1n) is 7.46. The van der Waals surface area contributed by atoms with Crippen LogP contribution >= 0.6 is 0 Å². The van der Waals surface area contributed by atoms with Crippen molar-refractivity contribution in [2.75, 3.05) is 36.5 Å². The van der Waals surface area contributed by atoms with Gasteiger partial charge in [0, 0.05) is 31.9 Å². The van der Waals surface area contributed by atoms with Crippen molar-refractivity contribution in [2.24, 2.45) is 0 Å². The summed E-state index contributed by atoms with van der Waals surface area (Å²) in [7, 11) is 0. The van der Waals surface area contributed by atoms with E-state index in [1.165, 1.54) is 0 Å². The number of rotatable bonds is 4. The fourth-order valence-electron chi connectivity index (χ4n) is 2.30. The number of morpholine rings is 1. The van der Waals surface area contributed by atoms with Crippen LogP contribution < -0.4 is 15.5 Å². The van der Waals surface area contributed by atoms with E-state index in [-0.39, 0.29) is 6.03 Å². The molecule has 8 heteroatoms. The zero-order valence-corrected chi connectivity index (χ0v) is 12.9. The van der Waals surface area contributed by atoms with E-state index in [2.05, 4.69) is 25.7 Å². The zero-order valence-electron chi connectivity index (χ0n) is 12.9. The molecule has 0 unspecified atom stereocenters. The first-order chi connectivity index (χ1) is 11.2. The number of hydrogen-bond donors (Lipinski definition) is 2. The number of urea groups is 1. The van der Waals surface area contributed by atoms with Crippen LogP contribution in [-0.4, -0.2) is 42.5 Å². The molecule has 0 spiro atoms. The Hall–Kier alpha value is -2.61. The van der Waals surface area contributed by atoms with E-state index < -0.39 is 0 Å². The van der Waals surface area contributed by atoms with Crippen LogP contribution in [0.25, 0.3) is 0 Å². The van der Waals surface area contributed by atoms with Crippen molar-refractivity contribution >= 4 is 17.7 Å². The lowest BCUT2D eigenvalue weighted by molar-refractivity contribution is 0.122. The number of anilines is 2. The van der Waals surface area contributed by atoms with Crippen molar-refractivity contribution < 1.29 is 14.1 Å². The molecule has 1 saturated heterocycles. The average Bonchev–Trinajstić information content (AvgIpc) is 2.99. The third kappa shape index (κ3) is 4.19. The molecular formula is C15H19N5O3. The summed E-state index contributed by atoms with van der Waals surface area (Å²) in [4.78, 5) is 18.4. The second-order valence-electron chi connectivity index (χ2n) is 5.25. The predicted octanol–water partition coefficient (Wildman–Crippen LogP) is 1.54. The predicted molar refractivity (Wildman–Crippen MR) is 84.4 cm³/mol. The second kappa shape index (κ2) is 7.10. The lowest BCUT2D eigenvalue weighted by Crippen LogP contribution is -2.36. The Morgan fingerprint density at radius 1 is 1.35 bits per heavy atom. The molecule has 8 nitrogen and oxygen atoms in total. The van der Waals surface area contributed by atoms with E-state index in [0.717, 1.165) is 24.5 Å². The number of amides is 2. The van der Waals surface area contributed by atoms with Crippen LogP contribution in [-0.2, 0) is 11.3 Å². The van der Waals surface area contributed by atoms with E-state index >= 15 is 0 Å². The first kappa shape index (κ1) is 15.3. The lowest BCUT2D eigenvalue weighted by atomic mass is 10.2. The Bertz CT molecular complexity index is 667. The third-order valence-corrected chi connectivity index (χ3v) is 3.47. The Kier molecular flexibility index (Phi) is 4.72. The number of pyridine rings is 1. The summed E-state index contributed by atoms with van der Waals surface area (Å²) in [6.45, 7) is 5.25. The number of aromatic nitrogens is 2. The average molecular weight is 317 g/mol. The maximum absolute atomic E-state index is 11.8. The molecule has 0 saturated carbocycles. The van der Waals surface area contributed by atoms with Crippen LogP contribution in [0.5, 0.6) is 0 Å². The summed E-state index contributed by atoms with van der Waals surface area (Å²) < 4.78 is 10.2. The SMILES string of the molecule is Cc1cc(NC(=O)NCc2ccnc(N3CCOCC3)c2)no1. The lowest BCUT2D eigenvalue weighted by Gasteiger charge is -2.28. The summed E-state index contributed by atoms with van der Waals surface area (Å²) in [6, 6.07) is 5.18. The number of ether oxygens (including phenoxy) is 1. The summed E-state index contributed by atoms with van der Waals surface area (Å²) in [5.74, 6) is 1.94. The maximum atomic E-state index is 11.8. The van der Waals surface area contributed by atoms with Crippen molar-refractivity contribution in [2.45, 2.75) is 13.5 Å². The molecule has 3 heterocycles. The van der Waals surface area contributed by atoms with Gasteiger partial charge in [0.25, 0.3) is 0 Å². The molecule has 122 valence electrons. The largest absolute Gasteiger partial charge is 0.378 e. The quantitative estimate of drug-likeness (QED) is 0.888. The van der Waals surface area contributed by atoms with Crippen LogP contribution in [0.3, 0.4) is 0 Å². The Balaban J connectivity index is 1.54. The standard InChI is InChI=1S/C15H19N5O3/c1-11-8-13(19-23-11)18-15(21)17-10-12-2-3-16-14(9-12)20-4-6-22-7-5-20/h2-3,8-9H,4-7,10H2,1H3,(H2,17,18,19,21). The Morgan fingerprint density at radius 2 is 2.17 bits per heavy atom. The van der Waals surface area contributed by atoms with Gasteiger partial charge in [-0.3, -0.25) is 5.32 Å². The highest BCUT2D eigenvalue weighted by Gasteiger charge is 2.13. The zero-order chi connectivity index (χ0) is 16.1. The minimum atomic E-state index is -0.331. The number of aryl methyl sites for hydroxylation is 1. The summed E-state index contributed by atoms with van der Waals surface area (Å²) >= 11 is 0. The molecule has 0 atom stereocenters. The molecule has 2 aromatic rings. The molecule has 23 heavy (non-hydrogen) atoms. The summed E-state index contributed by atoms with van der Waals surface area (Å²) in [6.07, 6.45) is 1.75. The topological polar surface area (TPSA) is 92.5 Å². The molecule has 1 aliphatic heterocycles. The fraction of sp³-hybridized carbons (Fsp3) is 0.400. The minimum absolute atomic E-state index is 0.331. The monoisotopic (exact) mass is 317 g/mol. The Labute approximate surface area is 133 Å². The van der Waals surface area contributed by atoms with E-state index in [1.807, 2.05) is 12.1 Å². The highest BCUT2D eigenvalue weighted by Crippen LogP contribution is 2.14. The Morgan fingerprint density at radius 3 is 2.91 bits per heavy atom. The van der Waals surface area contributed by atoms with Crippen LogP contribution in [0.2, 0.25) is 0 Å². The van der Waals surface area contributed by atoms with Gasteiger partial charge in [0.2, 0.25) is 0 Å². The molecule has 2 aromatic heterocycles. The van der Waals surface area contributed by atoms with E-state index in [1.54, 1.807) is 19.2 Å². The molecule has 2 N–H and O–H groups in total. The molecule has 1 aliphatic rings. The third-order valence-electron chi connectivity index (χ3n) is 3.47. The van der Waals surface area contributed by atoms with Gasteiger partial charge in [-0.2, -0.15) is 0 Å². The van der Waals surface area contributed by atoms with E-state index in [4.69, 9.17) is 9.26 Å². The van der Waals surface area contributed by atoms with Crippen LogP contribution in [0, 0.1) is 6.92 Å². The van der Waals surface area contributed by atoms with Crippen LogP contribution in [0.15, 0.2) is 28.9 Å². The van der Waals surface area contributed by atoms with Crippen LogP contribution in [0.4, 0.5) is 16.4 Å². The van der Waals surface area contributed by atoms with Gasteiger partial charge < -0.3 is 19.5 Å². The number of nitrogens with one attached hydrogen (secondary N) is 2. The fourth-order valence-corrected chi connectivity index (χ4v) is 2.30. The van der Waals surface area contributed by atoms with Crippen molar-refractivity contribution in [1.29, 1.82) is 0 Å². The second-order valence-corrected chi connectivity index (χ2v) is 5.25. The first-order valence-corrected chi connectivity index (χ1v) is 7.46. The van der Waals surface area contributed by atoms with Gasteiger partial charge in [-0.1, -0.05) is 5.16 Å². The molecule has 0 aromatic carbocycles. The maximum Gasteiger partial charge on any atom is 0.320 e. The molecule has 0 aliphatic carbocycles. The molecule has 2 amide bonds. The van der Waals surface area contributed by atoms with Gasteiger partial charge in [0.1, 0.15) is 11.6 Å². The number of carbonyl (C=O) groups excluding carboxylic acids is 1. The normalized spacial score (nSPS) is 14.6. The van der Waals surface area contributed by atoms with Gasteiger partial charge >= 0.3 is 6.03 Å². The van der Waals surface area contributed by atoms with Crippen molar-refractivity contribution in [3.63, 3.8) is 0 Å². The van der Waals surface area contributed by atoms with Crippen LogP contribution in [0.1, 0.15) is 11.3 Å². The van der Waals surface area contributed by atoms with Gasteiger partial charge in [-0.05, 0) is 24.6 Å². The highest BCUT2D eigenvalue weighted by atomic mass is 16.5. The molecule has 0 radical (unpaired) electrons. The molecule has 3 rings (SSSR count). The molecule has 1 fully saturated rings. The van der Waals surface area contributed by atoms with E-state index in [9.17, 15) is 4.79 Å². The van der Waals surface area contributed by atoms with Crippen molar-refractivity contribution in [1.82, 2.24) is 15.5 Å². The summed E-state index contributed by atoms with van der Waals surface area (Å²) in [5, 5.41) is 9.11. The van der Waals surface area contributed by atoms with Gasteiger partial charge in [-0.25, -0.2) is 9.78 Å². The highest BCUT2D eigenvalue weighted by molar-refractivity contribution is 5.88. The van der Waals surface area contributed by atoms with Crippen molar-refractivity contribution in [3.05, 3.63) is 35.7 Å². The smallest absolute Gasteiger partial charge is 0.320 e. The number of carbonyl (C=O) groups is 1. The van der Waals surface area contributed by atoms with E-state index in [0.29, 0.717) is 31.3 Å². The molecule has 0 bridgehead atoms. The van der Waals surface area contributed by atoms with Gasteiger partial charge in [-0.15, -0.1) is 0 Å². The van der Waals surface area contributed by atoms with Gasteiger partial charge in [0.05, 0.1) is 13.2 Å². The minimum Gasteiger partial charge on any atom is -0.378 e. The summed E-state index contributed by atoms with van der Waals surface area (Å²) in [5.41, 5.74) is 0.980. The van der Waals surface area contributed by atoms with Crippen molar-refractivity contribution in [3.8, 4) is 0 Å². The van der Waals surface area contributed by atoms with Gasteiger partial charge in [0.15, 0.2) is 5.82 Å². The number of hydrogen-bond acceptors (Lipinski definition) is 6. The molecular weight excluding hydrogens is 298 g/mol.